The van der Waals surface area contributed by atoms with Crippen LogP contribution in [0.3, 0.4) is 0 Å². The smallest absolute Gasteiger partial charge is 0.230 e. The molecule has 0 N–H and O–H groups in total. The Kier molecular flexibility index (Phi) is 15.5. The fourth-order valence-electron chi connectivity index (χ4n) is 9.18. The molecule has 10 aromatic rings. The molecule has 2 aliphatic heterocycles. The van der Waals surface area contributed by atoms with E-state index in [0.29, 0.717) is 59.2 Å². The van der Waals surface area contributed by atoms with Crippen LogP contribution in [0.15, 0.2) is 206 Å². The summed E-state index contributed by atoms with van der Waals surface area (Å²) < 4.78 is 70.4. The van der Waals surface area contributed by atoms with Crippen molar-refractivity contribution in [3.63, 3.8) is 0 Å². The molecule has 2 atom stereocenters. The molecule has 2 heterocycles. The minimum Gasteiger partial charge on any atom is -0.491 e. The van der Waals surface area contributed by atoms with E-state index in [9.17, 15) is 0 Å². The zero-order chi connectivity index (χ0) is 54.0. The highest BCUT2D eigenvalue weighted by Gasteiger charge is 2.24. The Morgan fingerprint density at radius 3 is 1.05 bits per heavy atom. The lowest BCUT2D eigenvalue weighted by Gasteiger charge is -2.19. The Balaban J connectivity index is 0.660. The molecular formula is C68H58O12. The molecule has 12 rings (SSSR count). The van der Waals surface area contributed by atoms with E-state index < -0.39 is 0 Å². The van der Waals surface area contributed by atoms with Gasteiger partial charge in [-0.25, -0.2) is 0 Å². The molecule has 12 nitrogen and oxygen atoms in total. The summed E-state index contributed by atoms with van der Waals surface area (Å²) in [6, 6.07) is 67.8. The second kappa shape index (κ2) is 24.1. The van der Waals surface area contributed by atoms with Gasteiger partial charge in [0, 0.05) is 5.56 Å². The van der Waals surface area contributed by atoms with Crippen molar-refractivity contribution in [1.29, 1.82) is 0 Å². The van der Waals surface area contributed by atoms with Gasteiger partial charge in [-0.2, -0.15) is 0 Å². The van der Waals surface area contributed by atoms with Gasteiger partial charge in [0.05, 0.1) is 13.2 Å². The minimum atomic E-state index is -0.00876. The predicted octanol–water partition coefficient (Wildman–Crippen LogP) is 14.8. The molecule has 0 radical (unpaired) electrons. The number of rotatable bonds is 25. The Labute approximate surface area is 464 Å². The van der Waals surface area contributed by atoms with Gasteiger partial charge >= 0.3 is 0 Å². The van der Waals surface area contributed by atoms with Crippen molar-refractivity contribution < 1.29 is 56.8 Å². The van der Waals surface area contributed by atoms with Gasteiger partial charge in [0.2, 0.25) is 27.2 Å². The summed E-state index contributed by atoms with van der Waals surface area (Å²) in [4.78, 5) is 0. The van der Waals surface area contributed by atoms with Crippen molar-refractivity contribution >= 4 is 21.5 Å². The van der Waals surface area contributed by atoms with E-state index in [1.54, 1.807) is 0 Å². The van der Waals surface area contributed by atoms with E-state index in [0.717, 1.165) is 85.2 Å². The highest BCUT2D eigenvalue weighted by atomic mass is 16.7. The molecule has 0 spiro atoms. The maximum atomic E-state index is 6.55. The van der Waals surface area contributed by atoms with E-state index >= 15 is 0 Å². The summed E-state index contributed by atoms with van der Waals surface area (Å²) in [5.74, 6) is 7.06. The predicted molar refractivity (Wildman–Crippen MR) is 308 cm³/mol. The molecule has 2 aliphatic rings. The van der Waals surface area contributed by atoms with Crippen LogP contribution in [0.2, 0.25) is 0 Å². The Morgan fingerprint density at radius 2 is 0.650 bits per heavy atom. The van der Waals surface area contributed by atoms with Gasteiger partial charge in [0.1, 0.15) is 82.9 Å². The maximum absolute atomic E-state index is 6.55. The monoisotopic (exact) mass is 1070 g/mol. The molecular weight excluding hydrogens is 1010 g/mol. The number of hydrogen-bond donors (Lipinski definition) is 0. The van der Waals surface area contributed by atoms with Crippen LogP contribution in [0.1, 0.15) is 11.1 Å². The van der Waals surface area contributed by atoms with Crippen LogP contribution in [0.25, 0.3) is 54.9 Å². The van der Waals surface area contributed by atoms with E-state index in [-0.39, 0.29) is 39.4 Å². The van der Waals surface area contributed by atoms with E-state index in [1.807, 2.05) is 152 Å². The van der Waals surface area contributed by atoms with Crippen molar-refractivity contribution in [3.8, 4) is 90.9 Å². The number of hydrogen-bond acceptors (Lipinski definition) is 12. The Morgan fingerprint density at radius 1 is 0.312 bits per heavy atom. The van der Waals surface area contributed by atoms with Crippen molar-refractivity contribution in [1.82, 2.24) is 0 Å². The summed E-state index contributed by atoms with van der Waals surface area (Å²) in [7, 11) is 0. The first-order valence-corrected chi connectivity index (χ1v) is 26.6. The molecule has 0 amide bonds. The van der Waals surface area contributed by atoms with Crippen LogP contribution >= 0.6 is 0 Å². The number of ether oxygens (including phenoxy) is 12. The molecule has 0 aromatic heterocycles. The highest BCUT2D eigenvalue weighted by Crippen LogP contribution is 2.43. The fourth-order valence-corrected chi connectivity index (χ4v) is 9.18. The number of aryl methyl sites for hydroxylation is 2. The topological polar surface area (TPSA) is 117 Å². The zero-order valence-electron chi connectivity index (χ0n) is 44.3. The lowest BCUT2D eigenvalue weighted by atomic mass is 9.91. The van der Waals surface area contributed by atoms with Crippen LogP contribution in [-0.2, 0) is 9.47 Å². The quantitative estimate of drug-likeness (QED) is 0.0401. The molecule has 2 fully saturated rings. The van der Waals surface area contributed by atoms with Crippen molar-refractivity contribution in [3.05, 3.63) is 217 Å². The first-order chi connectivity index (χ1) is 39.4. The van der Waals surface area contributed by atoms with Gasteiger partial charge in [-0.1, -0.05) is 102 Å². The number of fused-ring (bicyclic) bond motifs is 2. The van der Waals surface area contributed by atoms with Gasteiger partial charge in [-0.3, -0.25) is 0 Å². The van der Waals surface area contributed by atoms with E-state index in [4.69, 9.17) is 56.8 Å². The average Bonchev–Trinajstić information content (AvgIpc) is 4.47. The van der Waals surface area contributed by atoms with E-state index in [1.165, 1.54) is 5.56 Å². The van der Waals surface area contributed by atoms with Crippen molar-refractivity contribution in [2.24, 2.45) is 0 Å². The highest BCUT2D eigenvalue weighted by molar-refractivity contribution is 6.08. The second-order valence-corrected chi connectivity index (χ2v) is 19.6. The normalized spacial score (nSPS) is 14.2. The largest absolute Gasteiger partial charge is 0.491 e. The first kappa shape index (κ1) is 51.4. The molecule has 402 valence electrons. The third-order valence-electron chi connectivity index (χ3n) is 13.7. The van der Waals surface area contributed by atoms with Gasteiger partial charge in [-0.15, -0.1) is 0 Å². The van der Waals surface area contributed by atoms with Gasteiger partial charge in [0.25, 0.3) is 0 Å². The lowest BCUT2D eigenvalue weighted by Crippen LogP contribution is -2.07. The SMILES string of the molecule is Cc1ccc2c(-c3c(OCOc4ccc(-c5ccc(OCOc6ccc(OCC7CO7)cc6)cc5)cc4)ccc4cc(C)ccc34)cc(OCOc3ccc(-c4ccc(OCOc5ccc(OCC6CO6)cc5)cc4)cc3)cc2c1. The Bertz CT molecular complexity index is 3670. The van der Waals surface area contributed by atoms with Gasteiger partial charge in [-0.05, 0) is 178 Å². The average molecular weight is 1070 g/mol. The standard InChI is InChI=1S/C68H58O12/c1-45-4-31-65-51(33-45)13-32-67(80-44-78-58-20-11-50(12-21-58)48-7-16-56(17-8-48)74-42-76-60-28-24-54(25-29-60)70-38-63-40-72-63)68(65)66-36-61(35-52-34-46(2)3-30-64(52)66)79-43-77-57-18-9-49(10-19-57)47-5-14-55(15-6-47)73-41-75-59-26-22-53(23-27-59)69-37-62-39-71-62/h3-36,62-63H,37-44H2,1-2H3. The number of epoxide rings is 2. The molecule has 2 unspecified atom stereocenters. The fraction of sp³-hybridized carbons (Fsp3) is 0.176. The molecule has 0 aliphatic carbocycles. The van der Waals surface area contributed by atoms with Crippen LogP contribution in [-0.4, -0.2) is 65.8 Å². The van der Waals surface area contributed by atoms with Crippen LogP contribution < -0.4 is 47.4 Å². The summed E-state index contributed by atoms with van der Waals surface area (Å²) in [6.07, 6.45) is 0.422. The first-order valence-electron chi connectivity index (χ1n) is 26.6. The molecule has 80 heavy (non-hydrogen) atoms. The summed E-state index contributed by atoms with van der Waals surface area (Å²) in [5, 5.41) is 4.25. The summed E-state index contributed by atoms with van der Waals surface area (Å²) >= 11 is 0. The minimum absolute atomic E-state index is 0.00240. The third-order valence-corrected chi connectivity index (χ3v) is 13.7. The van der Waals surface area contributed by atoms with E-state index in [2.05, 4.69) is 68.4 Å². The number of benzene rings is 10. The summed E-state index contributed by atoms with van der Waals surface area (Å²) in [6.45, 7) is 6.99. The summed E-state index contributed by atoms with van der Waals surface area (Å²) in [5.41, 5.74) is 8.37. The second-order valence-electron chi connectivity index (χ2n) is 19.6. The van der Waals surface area contributed by atoms with Crippen LogP contribution in [0.5, 0.6) is 57.5 Å². The van der Waals surface area contributed by atoms with Crippen LogP contribution in [0, 0.1) is 13.8 Å². The van der Waals surface area contributed by atoms with Gasteiger partial charge < -0.3 is 56.8 Å². The third kappa shape index (κ3) is 13.3. The zero-order valence-corrected chi connectivity index (χ0v) is 44.3. The molecule has 10 aromatic carbocycles. The lowest BCUT2D eigenvalue weighted by molar-refractivity contribution is 0.119. The molecule has 12 heteroatoms. The van der Waals surface area contributed by atoms with Crippen molar-refractivity contribution in [2.45, 2.75) is 26.1 Å². The Hall–Kier alpha value is -9.36. The van der Waals surface area contributed by atoms with Crippen LogP contribution in [0.4, 0.5) is 0 Å². The molecule has 0 saturated carbocycles. The molecule has 2 saturated heterocycles. The maximum Gasteiger partial charge on any atom is 0.230 e. The molecule has 0 bridgehead atoms. The van der Waals surface area contributed by atoms with Gasteiger partial charge in [0.15, 0.2) is 0 Å². The van der Waals surface area contributed by atoms with Crippen molar-refractivity contribution in [2.75, 3.05) is 53.6 Å².